The molecule has 21 heavy (non-hydrogen) atoms. The highest BCUT2D eigenvalue weighted by Crippen LogP contribution is 2.21. The summed E-state index contributed by atoms with van der Waals surface area (Å²) in [6.07, 6.45) is 1.22. The van der Waals surface area contributed by atoms with Crippen molar-refractivity contribution in [2.45, 2.75) is 31.4 Å². The van der Waals surface area contributed by atoms with Crippen molar-refractivity contribution in [1.82, 2.24) is 4.90 Å². The van der Waals surface area contributed by atoms with Gasteiger partial charge >= 0.3 is 0 Å². The molecule has 1 aliphatic heterocycles. The van der Waals surface area contributed by atoms with Crippen molar-refractivity contribution in [2.75, 3.05) is 26.0 Å². The zero-order chi connectivity index (χ0) is 15.5. The Bertz CT molecular complexity index is 525. The first-order chi connectivity index (χ1) is 9.92. The third kappa shape index (κ3) is 4.06. The van der Waals surface area contributed by atoms with Crippen LogP contribution in [0.4, 0.5) is 0 Å². The number of rotatable bonds is 4. The molecule has 0 aromatic heterocycles. The van der Waals surface area contributed by atoms with Crippen LogP contribution in [-0.2, 0) is 22.0 Å². The normalized spacial score (nSPS) is 21.1. The minimum atomic E-state index is -0.839. The minimum Gasteiger partial charge on any atom is -0.497 e. The first-order valence-corrected chi connectivity index (χ1v) is 8.53. The number of ether oxygens (including phenoxy) is 1. The molecule has 1 atom stereocenters. The van der Waals surface area contributed by atoms with Gasteiger partial charge in [0.15, 0.2) is 0 Å². The van der Waals surface area contributed by atoms with E-state index in [0.717, 1.165) is 17.7 Å². The van der Waals surface area contributed by atoms with Crippen molar-refractivity contribution in [3.8, 4) is 5.75 Å². The van der Waals surface area contributed by atoms with Gasteiger partial charge in [-0.25, -0.2) is 0 Å². The second-order valence-electron chi connectivity index (χ2n) is 5.97. The van der Waals surface area contributed by atoms with Crippen molar-refractivity contribution >= 4 is 16.7 Å². The van der Waals surface area contributed by atoms with Gasteiger partial charge in [0.1, 0.15) is 5.75 Å². The zero-order valence-electron chi connectivity index (χ0n) is 12.9. The Hall–Kier alpha value is -1.36. The number of methoxy groups -OCH3 is 1. The SMILES string of the molecule is COc1ccc(CCC(=O)N2CC[S@@](=O)C(C)(C)C2)cc1. The highest BCUT2D eigenvalue weighted by molar-refractivity contribution is 7.86. The summed E-state index contributed by atoms with van der Waals surface area (Å²) >= 11 is 0. The number of hydrogen-bond donors (Lipinski definition) is 0. The van der Waals surface area contributed by atoms with E-state index >= 15 is 0 Å². The average Bonchev–Trinajstić information content (AvgIpc) is 2.48. The van der Waals surface area contributed by atoms with Crippen LogP contribution < -0.4 is 4.74 Å². The lowest BCUT2D eigenvalue weighted by atomic mass is 10.1. The molecular formula is C16H23NO3S. The van der Waals surface area contributed by atoms with E-state index in [9.17, 15) is 9.00 Å². The first-order valence-electron chi connectivity index (χ1n) is 7.21. The topological polar surface area (TPSA) is 46.6 Å². The molecule has 2 rings (SSSR count). The summed E-state index contributed by atoms with van der Waals surface area (Å²) in [5, 5.41) is 0. The van der Waals surface area contributed by atoms with Gasteiger partial charge in [0.2, 0.25) is 5.91 Å². The Balaban J connectivity index is 1.88. The molecule has 0 aliphatic carbocycles. The fourth-order valence-corrected chi connectivity index (χ4v) is 3.73. The van der Waals surface area contributed by atoms with Crippen LogP contribution in [0, 0.1) is 0 Å². The second-order valence-corrected chi connectivity index (χ2v) is 8.18. The van der Waals surface area contributed by atoms with Crippen LogP contribution in [0.5, 0.6) is 5.75 Å². The second kappa shape index (κ2) is 6.60. The molecule has 0 radical (unpaired) electrons. The Labute approximate surface area is 128 Å². The lowest BCUT2D eigenvalue weighted by Gasteiger charge is -2.37. The van der Waals surface area contributed by atoms with Crippen LogP contribution in [0.25, 0.3) is 0 Å². The summed E-state index contributed by atoms with van der Waals surface area (Å²) in [6, 6.07) is 7.79. The summed E-state index contributed by atoms with van der Waals surface area (Å²) in [4.78, 5) is 14.1. The third-order valence-corrected chi connectivity index (χ3v) is 5.79. The van der Waals surface area contributed by atoms with Crippen molar-refractivity contribution in [3.05, 3.63) is 29.8 Å². The number of carbonyl (C=O) groups is 1. The molecule has 1 heterocycles. The molecule has 0 bridgehead atoms. The Morgan fingerprint density at radius 1 is 1.33 bits per heavy atom. The Morgan fingerprint density at radius 2 is 2.00 bits per heavy atom. The van der Waals surface area contributed by atoms with Crippen LogP contribution in [0.15, 0.2) is 24.3 Å². The predicted molar refractivity (Wildman–Crippen MR) is 85.0 cm³/mol. The van der Waals surface area contributed by atoms with Gasteiger partial charge in [-0.3, -0.25) is 9.00 Å². The lowest BCUT2D eigenvalue weighted by molar-refractivity contribution is -0.131. The van der Waals surface area contributed by atoms with Gasteiger partial charge in [0.25, 0.3) is 0 Å². The molecule has 1 aromatic carbocycles. The molecule has 1 saturated heterocycles. The summed E-state index contributed by atoms with van der Waals surface area (Å²) in [5.41, 5.74) is 1.13. The van der Waals surface area contributed by atoms with E-state index in [0.29, 0.717) is 25.3 Å². The smallest absolute Gasteiger partial charge is 0.222 e. The lowest BCUT2D eigenvalue weighted by Crippen LogP contribution is -2.52. The molecule has 116 valence electrons. The van der Waals surface area contributed by atoms with Crippen LogP contribution >= 0.6 is 0 Å². The molecule has 1 aromatic rings. The maximum atomic E-state index is 12.3. The monoisotopic (exact) mass is 309 g/mol. The number of nitrogens with zero attached hydrogens (tertiary/aromatic N) is 1. The van der Waals surface area contributed by atoms with E-state index in [4.69, 9.17) is 4.74 Å². The van der Waals surface area contributed by atoms with Gasteiger partial charge in [-0.2, -0.15) is 0 Å². The van der Waals surface area contributed by atoms with E-state index in [1.807, 2.05) is 43.0 Å². The molecule has 0 N–H and O–H groups in total. The third-order valence-electron chi connectivity index (χ3n) is 3.87. The van der Waals surface area contributed by atoms with Crippen LogP contribution in [-0.4, -0.2) is 45.7 Å². The average molecular weight is 309 g/mol. The quantitative estimate of drug-likeness (QED) is 0.854. The van der Waals surface area contributed by atoms with Gasteiger partial charge in [-0.05, 0) is 38.0 Å². The molecule has 5 heteroatoms. The van der Waals surface area contributed by atoms with Gasteiger partial charge < -0.3 is 9.64 Å². The summed E-state index contributed by atoms with van der Waals surface area (Å²) in [7, 11) is 0.800. The summed E-state index contributed by atoms with van der Waals surface area (Å²) in [5.74, 6) is 1.56. The Morgan fingerprint density at radius 3 is 2.57 bits per heavy atom. The van der Waals surface area contributed by atoms with Crippen molar-refractivity contribution in [2.24, 2.45) is 0 Å². The van der Waals surface area contributed by atoms with Crippen LogP contribution in [0.1, 0.15) is 25.8 Å². The number of aryl methyl sites for hydroxylation is 1. The predicted octanol–water partition coefficient (Wildman–Crippen LogP) is 2.00. The zero-order valence-corrected chi connectivity index (χ0v) is 13.7. The molecule has 1 amide bonds. The van der Waals surface area contributed by atoms with Gasteiger partial charge in [-0.15, -0.1) is 0 Å². The largest absolute Gasteiger partial charge is 0.497 e. The van der Waals surface area contributed by atoms with Gasteiger partial charge in [0.05, 0.1) is 11.9 Å². The molecule has 4 nitrogen and oxygen atoms in total. The van der Waals surface area contributed by atoms with Crippen LogP contribution in [0.2, 0.25) is 0 Å². The van der Waals surface area contributed by atoms with Gasteiger partial charge in [-0.1, -0.05) is 12.1 Å². The summed E-state index contributed by atoms with van der Waals surface area (Å²) in [6.45, 7) is 5.12. The number of hydrogen-bond acceptors (Lipinski definition) is 3. The van der Waals surface area contributed by atoms with Crippen molar-refractivity contribution in [1.29, 1.82) is 0 Å². The maximum absolute atomic E-state index is 12.3. The van der Waals surface area contributed by atoms with Crippen LogP contribution in [0.3, 0.4) is 0 Å². The first kappa shape index (κ1) is 16.0. The van der Waals surface area contributed by atoms with Gasteiger partial charge in [0, 0.05) is 36.1 Å². The van der Waals surface area contributed by atoms with E-state index in [2.05, 4.69) is 0 Å². The molecule has 0 saturated carbocycles. The maximum Gasteiger partial charge on any atom is 0.222 e. The number of benzene rings is 1. The van der Waals surface area contributed by atoms with E-state index < -0.39 is 10.8 Å². The molecule has 1 aliphatic rings. The fourth-order valence-electron chi connectivity index (χ4n) is 2.49. The standard InChI is InChI=1S/C16H23NO3S/c1-16(2)12-17(10-11-21(16)19)15(18)9-6-13-4-7-14(20-3)8-5-13/h4-5,7-8H,6,9-12H2,1-3H3/t21-/m1/s1. The van der Waals surface area contributed by atoms with Crippen molar-refractivity contribution in [3.63, 3.8) is 0 Å². The Kier molecular flexibility index (Phi) is 5.04. The van der Waals surface area contributed by atoms with E-state index in [-0.39, 0.29) is 10.7 Å². The fraction of sp³-hybridized carbons (Fsp3) is 0.562. The highest BCUT2D eigenvalue weighted by Gasteiger charge is 2.34. The van der Waals surface area contributed by atoms with E-state index in [1.54, 1.807) is 7.11 Å². The summed E-state index contributed by atoms with van der Waals surface area (Å²) < 4.78 is 16.7. The number of amides is 1. The van der Waals surface area contributed by atoms with E-state index in [1.165, 1.54) is 0 Å². The molecular weight excluding hydrogens is 286 g/mol. The number of carbonyl (C=O) groups excluding carboxylic acids is 1. The molecule has 0 unspecified atom stereocenters. The van der Waals surface area contributed by atoms with Crippen molar-refractivity contribution < 1.29 is 13.7 Å². The molecule has 0 spiro atoms. The highest BCUT2D eigenvalue weighted by atomic mass is 32.2. The molecule has 1 fully saturated rings. The minimum absolute atomic E-state index is 0.149.